The summed E-state index contributed by atoms with van der Waals surface area (Å²) in [5.41, 5.74) is 1.78. The van der Waals surface area contributed by atoms with Crippen molar-refractivity contribution < 1.29 is 14.3 Å². The number of carbonyl (C=O) groups excluding carboxylic acids is 2. The number of amides is 1. The van der Waals surface area contributed by atoms with Crippen LogP contribution in [0.15, 0.2) is 18.2 Å². The van der Waals surface area contributed by atoms with Gasteiger partial charge in [0.2, 0.25) is 5.91 Å². The van der Waals surface area contributed by atoms with E-state index in [-0.39, 0.29) is 18.5 Å². The van der Waals surface area contributed by atoms with Crippen molar-refractivity contribution in [1.82, 2.24) is 5.32 Å². The molecule has 1 rings (SSSR count). The van der Waals surface area contributed by atoms with Crippen molar-refractivity contribution in [3.05, 3.63) is 29.3 Å². The lowest BCUT2D eigenvalue weighted by Gasteiger charge is -2.12. The summed E-state index contributed by atoms with van der Waals surface area (Å²) in [7, 11) is 1.33. The Kier molecular flexibility index (Phi) is 5.51. The van der Waals surface area contributed by atoms with Crippen molar-refractivity contribution in [3.8, 4) is 0 Å². The molecule has 0 aliphatic carbocycles. The van der Waals surface area contributed by atoms with E-state index in [1.807, 2.05) is 13.8 Å². The number of rotatable bonds is 5. The van der Waals surface area contributed by atoms with Gasteiger partial charge in [0.05, 0.1) is 19.2 Å². The molecule has 0 aliphatic rings. The smallest absolute Gasteiger partial charge is 0.338 e. The summed E-state index contributed by atoms with van der Waals surface area (Å²) in [6.45, 7) is 5.95. The highest BCUT2D eigenvalue weighted by Gasteiger charge is 2.13. The molecule has 0 unspecified atom stereocenters. The van der Waals surface area contributed by atoms with Gasteiger partial charge in [0.25, 0.3) is 0 Å². The summed E-state index contributed by atoms with van der Waals surface area (Å²) in [5, 5.41) is 5.81. The van der Waals surface area contributed by atoms with E-state index >= 15 is 0 Å². The third-order valence-electron chi connectivity index (χ3n) is 2.68. The molecule has 0 spiro atoms. The maximum Gasteiger partial charge on any atom is 0.338 e. The minimum Gasteiger partial charge on any atom is -0.465 e. The second-order valence-corrected chi connectivity index (χ2v) is 4.55. The fourth-order valence-electron chi connectivity index (χ4n) is 1.59. The third kappa shape index (κ3) is 4.37. The zero-order valence-corrected chi connectivity index (χ0v) is 11.7. The summed E-state index contributed by atoms with van der Waals surface area (Å²) in [6.07, 6.45) is 0. The molecule has 104 valence electrons. The molecule has 0 bridgehead atoms. The van der Waals surface area contributed by atoms with Crippen LogP contribution in [0, 0.1) is 6.92 Å². The molecule has 0 atom stereocenters. The Morgan fingerprint density at radius 3 is 2.58 bits per heavy atom. The van der Waals surface area contributed by atoms with E-state index in [0.29, 0.717) is 16.8 Å². The molecule has 2 N–H and O–H groups in total. The normalized spacial score (nSPS) is 10.4. The Bertz CT molecular complexity index is 470. The van der Waals surface area contributed by atoms with E-state index in [1.165, 1.54) is 7.11 Å². The monoisotopic (exact) mass is 264 g/mol. The van der Waals surface area contributed by atoms with Gasteiger partial charge < -0.3 is 15.4 Å². The van der Waals surface area contributed by atoms with E-state index in [9.17, 15) is 9.59 Å². The van der Waals surface area contributed by atoms with Crippen LogP contribution in [0.3, 0.4) is 0 Å². The van der Waals surface area contributed by atoms with Gasteiger partial charge >= 0.3 is 5.97 Å². The summed E-state index contributed by atoms with van der Waals surface area (Å²) in [5.74, 6) is -0.548. The fraction of sp³-hybridized carbons (Fsp3) is 0.429. The van der Waals surface area contributed by atoms with Crippen LogP contribution in [0.25, 0.3) is 0 Å². The van der Waals surface area contributed by atoms with Crippen LogP contribution in [0.2, 0.25) is 0 Å². The van der Waals surface area contributed by atoms with Crippen LogP contribution in [-0.4, -0.2) is 31.6 Å². The second kappa shape index (κ2) is 6.89. The number of esters is 1. The molecule has 0 saturated carbocycles. The van der Waals surface area contributed by atoms with Crippen LogP contribution < -0.4 is 10.6 Å². The van der Waals surface area contributed by atoms with Gasteiger partial charge in [-0.25, -0.2) is 4.79 Å². The lowest BCUT2D eigenvalue weighted by Crippen LogP contribution is -2.32. The summed E-state index contributed by atoms with van der Waals surface area (Å²) >= 11 is 0. The molecule has 0 radical (unpaired) electrons. The number of nitrogens with one attached hydrogen (secondary N) is 2. The van der Waals surface area contributed by atoms with Crippen molar-refractivity contribution in [2.45, 2.75) is 26.8 Å². The third-order valence-corrected chi connectivity index (χ3v) is 2.68. The lowest BCUT2D eigenvalue weighted by atomic mass is 10.1. The molecule has 19 heavy (non-hydrogen) atoms. The molecule has 5 heteroatoms. The maximum absolute atomic E-state index is 11.7. The molecule has 1 aromatic carbocycles. The van der Waals surface area contributed by atoms with Gasteiger partial charge in [0, 0.05) is 11.7 Å². The zero-order valence-electron chi connectivity index (χ0n) is 11.7. The average Bonchev–Trinajstić information content (AvgIpc) is 2.38. The maximum atomic E-state index is 11.7. The molecular weight excluding hydrogens is 244 g/mol. The largest absolute Gasteiger partial charge is 0.465 e. The Morgan fingerprint density at radius 2 is 2.00 bits per heavy atom. The van der Waals surface area contributed by atoms with Crippen LogP contribution >= 0.6 is 0 Å². The summed E-state index contributed by atoms with van der Waals surface area (Å²) in [6, 6.07) is 5.39. The van der Waals surface area contributed by atoms with Gasteiger partial charge in [0.1, 0.15) is 0 Å². The first-order valence-corrected chi connectivity index (χ1v) is 6.17. The summed E-state index contributed by atoms with van der Waals surface area (Å²) < 4.78 is 4.69. The fourth-order valence-corrected chi connectivity index (χ4v) is 1.59. The van der Waals surface area contributed by atoms with Gasteiger partial charge in [0.15, 0.2) is 0 Å². The topological polar surface area (TPSA) is 67.4 Å². The van der Waals surface area contributed by atoms with Crippen LogP contribution in [0.5, 0.6) is 0 Å². The van der Waals surface area contributed by atoms with Crippen LogP contribution in [-0.2, 0) is 9.53 Å². The highest BCUT2D eigenvalue weighted by molar-refractivity contribution is 5.97. The quantitative estimate of drug-likeness (QED) is 0.795. The van der Waals surface area contributed by atoms with Gasteiger partial charge in [-0.2, -0.15) is 0 Å². The highest BCUT2D eigenvalue weighted by atomic mass is 16.5. The molecule has 1 amide bonds. The van der Waals surface area contributed by atoms with Crippen molar-refractivity contribution >= 4 is 17.6 Å². The van der Waals surface area contributed by atoms with Crippen molar-refractivity contribution in [2.24, 2.45) is 0 Å². The Morgan fingerprint density at radius 1 is 1.32 bits per heavy atom. The molecule has 0 aliphatic heterocycles. The Hall–Kier alpha value is -1.88. The molecule has 5 nitrogen and oxygen atoms in total. The first kappa shape index (κ1) is 15.2. The lowest BCUT2D eigenvalue weighted by molar-refractivity contribution is -0.115. The predicted octanol–water partition coefficient (Wildman–Crippen LogP) is 1.72. The van der Waals surface area contributed by atoms with E-state index in [0.717, 1.165) is 0 Å². The molecular formula is C14H20N2O3. The minimum atomic E-state index is -0.408. The van der Waals surface area contributed by atoms with E-state index < -0.39 is 5.97 Å². The highest BCUT2D eigenvalue weighted by Crippen LogP contribution is 2.19. The van der Waals surface area contributed by atoms with Crippen molar-refractivity contribution in [3.63, 3.8) is 0 Å². The molecule has 0 aromatic heterocycles. The number of ether oxygens (including phenoxy) is 1. The van der Waals surface area contributed by atoms with E-state index in [1.54, 1.807) is 25.1 Å². The van der Waals surface area contributed by atoms with Crippen LogP contribution in [0.4, 0.5) is 5.69 Å². The first-order chi connectivity index (χ1) is 8.95. The SMILES string of the molecule is COC(=O)c1cccc(NC(=O)CNC(C)C)c1C. The molecule has 0 saturated heterocycles. The zero-order chi connectivity index (χ0) is 14.4. The Labute approximate surface area is 113 Å². The van der Waals surface area contributed by atoms with Gasteiger partial charge in [-0.05, 0) is 24.6 Å². The predicted molar refractivity (Wildman–Crippen MR) is 74.3 cm³/mol. The first-order valence-electron chi connectivity index (χ1n) is 6.17. The van der Waals surface area contributed by atoms with E-state index in [2.05, 4.69) is 10.6 Å². The van der Waals surface area contributed by atoms with Gasteiger partial charge in [-0.1, -0.05) is 19.9 Å². The molecule has 0 heterocycles. The molecule has 0 fully saturated rings. The van der Waals surface area contributed by atoms with E-state index in [4.69, 9.17) is 4.74 Å². The average molecular weight is 264 g/mol. The van der Waals surface area contributed by atoms with Gasteiger partial charge in [-0.3, -0.25) is 4.79 Å². The molecule has 1 aromatic rings. The number of methoxy groups -OCH3 is 1. The number of hydrogen-bond acceptors (Lipinski definition) is 4. The number of anilines is 1. The minimum absolute atomic E-state index is 0.140. The number of hydrogen-bond donors (Lipinski definition) is 2. The standard InChI is InChI=1S/C14H20N2O3/c1-9(2)15-8-13(17)16-12-7-5-6-11(10(12)3)14(18)19-4/h5-7,9,15H,8H2,1-4H3,(H,16,17). The second-order valence-electron chi connectivity index (χ2n) is 4.55. The van der Waals surface area contributed by atoms with Gasteiger partial charge in [-0.15, -0.1) is 0 Å². The van der Waals surface area contributed by atoms with Crippen molar-refractivity contribution in [2.75, 3.05) is 19.0 Å². The van der Waals surface area contributed by atoms with Crippen molar-refractivity contribution in [1.29, 1.82) is 0 Å². The number of carbonyl (C=O) groups is 2. The van der Waals surface area contributed by atoms with Crippen LogP contribution in [0.1, 0.15) is 29.8 Å². The Balaban J connectivity index is 2.79. The summed E-state index contributed by atoms with van der Waals surface area (Å²) in [4.78, 5) is 23.3. The number of benzene rings is 1.